The minimum absolute atomic E-state index is 0.354. The molecule has 0 aromatic heterocycles. The largest absolute Gasteiger partial charge is 0.103 e. The topological polar surface area (TPSA) is 0 Å². The molecule has 0 saturated carbocycles. The van der Waals surface area contributed by atoms with Crippen molar-refractivity contribution in [3.63, 3.8) is 0 Å². The molecule has 0 saturated heterocycles. The van der Waals surface area contributed by atoms with Crippen LogP contribution in [0, 0.1) is 5.41 Å². The van der Waals surface area contributed by atoms with Crippen molar-refractivity contribution in [3.05, 3.63) is 24.8 Å². The van der Waals surface area contributed by atoms with E-state index in [2.05, 4.69) is 39.5 Å². The second-order valence-corrected chi connectivity index (χ2v) is 3.75. The quantitative estimate of drug-likeness (QED) is 0.515. The molecule has 0 aromatic carbocycles. The average molecular weight is 166 g/mol. The molecule has 0 nitrogen and oxygen atoms in total. The lowest BCUT2D eigenvalue weighted by Gasteiger charge is -2.24. The zero-order valence-corrected chi connectivity index (χ0v) is 8.77. The molecule has 70 valence electrons. The molecule has 0 rings (SSSR count). The third-order valence-corrected chi connectivity index (χ3v) is 2.28. The maximum Gasteiger partial charge on any atom is -0.0112 e. The summed E-state index contributed by atoms with van der Waals surface area (Å²) in [5.41, 5.74) is 0.354. The Morgan fingerprint density at radius 3 is 2.50 bits per heavy atom. The van der Waals surface area contributed by atoms with Crippen molar-refractivity contribution in [1.29, 1.82) is 0 Å². The lowest BCUT2D eigenvalue weighted by Crippen LogP contribution is -2.11. The Morgan fingerprint density at radius 1 is 1.42 bits per heavy atom. The van der Waals surface area contributed by atoms with Crippen LogP contribution in [0.1, 0.15) is 46.5 Å². The summed E-state index contributed by atoms with van der Waals surface area (Å²) >= 11 is 0. The molecular formula is C12H22. The zero-order valence-electron chi connectivity index (χ0n) is 8.77. The van der Waals surface area contributed by atoms with E-state index in [9.17, 15) is 0 Å². The highest BCUT2D eigenvalue weighted by atomic mass is 14.2. The molecule has 12 heavy (non-hydrogen) atoms. The first-order valence-electron chi connectivity index (χ1n) is 4.93. The molecule has 0 aliphatic rings. The summed E-state index contributed by atoms with van der Waals surface area (Å²) in [6.07, 6.45) is 11.5. The van der Waals surface area contributed by atoms with Gasteiger partial charge in [0.1, 0.15) is 0 Å². The van der Waals surface area contributed by atoms with Gasteiger partial charge in [0.2, 0.25) is 0 Å². The minimum atomic E-state index is 0.354. The fraction of sp³-hybridized carbons (Fsp3) is 0.667. The zero-order chi connectivity index (χ0) is 9.45. The molecule has 0 spiro atoms. The molecule has 0 aliphatic carbocycles. The summed E-state index contributed by atoms with van der Waals surface area (Å²) in [6.45, 7) is 10.4. The maximum atomic E-state index is 3.80. The summed E-state index contributed by atoms with van der Waals surface area (Å²) in [4.78, 5) is 0. The van der Waals surface area contributed by atoms with Crippen molar-refractivity contribution in [2.24, 2.45) is 5.41 Å². The number of unbranched alkanes of at least 4 members (excludes halogenated alkanes) is 1. The minimum Gasteiger partial charge on any atom is -0.103 e. The van der Waals surface area contributed by atoms with E-state index in [0.717, 1.165) is 6.42 Å². The van der Waals surface area contributed by atoms with Gasteiger partial charge in [0.05, 0.1) is 0 Å². The molecule has 0 amide bonds. The number of hydrogen-bond donors (Lipinski definition) is 0. The van der Waals surface area contributed by atoms with E-state index in [1.54, 1.807) is 0 Å². The van der Waals surface area contributed by atoms with E-state index >= 15 is 0 Å². The molecule has 0 heteroatoms. The van der Waals surface area contributed by atoms with Crippen LogP contribution >= 0.6 is 0 Å². The maximum absolute atomic E-state index is 3.80. The molecule has 0 N–H and O–H groups in total. The van der Waals surface area contributed by atoms with E-state index in [0.29, 0.717) is 5.41 Å². The number of hydrogen-bond acceptors (Lipinski definition) is 0. The van der Waals surface area contributed by atoms with Crippen LogP contribution in [0.2, 0.25) is 0 Å². The van der Waals surface area contributed by atoms with E-state index in [1.807, 2.05) is 6.08 Å². The standard InChI is InChI=1S/C12H22/c1-5-8-11-12(4,9-6-2)10-7-3/h6-7,10H,2,5,8-9,11H2,1,3-4H3. The van der Waals surface area contributed by atoms with Crippen molar-refractivity contribution in [2.75, 3.05) is 0 Å². The molecular weight excluding hydrogens is 144 g/mol. The lowest BCUT2D eigenvalue weighted by molar-refractivity contribution is 0.381. The number of rotatable bonds is 6. The van der Waals surface area contributed by atoms with Crippen LogP contribution in [0.25, 0.3) is 0 Å². The fourth-order valence-corrected chi connectivity index (χ4v) is 1.57. The molecule has 0 fully saturated rings. The van der Waals surface area contributed by atoms with Crippen molar-refractivity contribution >= 4 is 0 Å². The van der Waals surface area contributed by atoms with Crippen molar-refractivity contribution in [3.8, 4) is 0 Å². The van der Waals surface area contributed by atoms with Gasteiger partial charge in [-0.05, 0) is 25.2 Å². The lowest BCUT2D eigenvalue weighted by atomic mass is 9.81. The van der Waals surface area contributed by atoms with E-state index in [4.69, 9.17) is 0 Å². The van der Waals surface area contributed by atoms with E-state index < -0.39 is 0 Å². The Morgan fingerprint density at radius 2 is 2.08 bits per heavy atom. The Bertz CT molecular complexity index is 144. The van der Waals surface area contributed by atoms with Gasteiger partial charge in [0.25, 0.3) is 0 Å². The van der Waals surface area contributed by atoms with Crippen LogP contribution in [0.4, 0.5) is 0 Å². The fourth-order valence-electron chi connectivity index (χ4n) is 1.57. The summed E-state index contributed by atoms with van der Waals surface area (Å²) in [7, 11) is 0. The second kappa shape index (κ2) is 6.05. The first-order chi connectivity index (χ1) is 5.68. The molecule has 1 atom stereocenters. The van der Waals surface area contributed by atoms with Gasteiger partial charge in [-0.25, -0.2) is 0 Å². The molecule has 0 aromatic rings. The Hall–Kier alpha value is -0.520. The SMILES string of the molecule is C=CCC(C)(C=CC)CCCC. The van der Waals surface area contributed by atoms with Gasteiger partial charge in [-0.15, -0.1) is 6.58 Å². The predicted octanol–water partition coefficient (Wildman–Crippen LogP) is 4.34. The Balaban J connectivity index is 4.07. The van der Waals surface area contributed by atoms with Gasteiger partial charge >= 0.3 is 0 Å². The highest BCUT2D eigenvalue weighted by Crippen LogP contribution is 2.30. The molecule has 0 radical (unpaired) electrons. The van der Waals surface area contributed by atoms with Gasteiger partial charge in [0, 0.05) is 0 Å². The highest BCUT2D eigenvalue weighted by Gasteiger charge is 2.17. The third kappa shape index (κ3) is 4.38. The monoisotopic (exact) mass is 166 g/mol. The van der Waals surface area contributed by atoms with Crippen molar-refractivity contribution < 1.29 is 0 Å². The van der Waals surface area contributed by atoms with E-state index in [-0.39, 0.29) is 0 Å². The van der Waals surface area contributed by atoms with Gasteiger partial charge in [-0.1, -0.05) is 44.9 Å². The first-order valence-corrected chi connectivity index (χ1v) is 4.93. The molecule has 0 bridgehead atoms. The summed E-state index contributed by atoms with van der Waals surface area (Å²) < 4.78 is 0. The second-order valence-electron chi connectivity index (χ2n) is 3.75. The van der Waals surface area contributed by atoms with Crippen molar-refractivity contribution in [1.82, 2.24) is 0 Å². The van der Waals surface area contributed by atoms with Crippen LogP contribution in [0.15, 0.2) is 24.8 Å². The van der Waals surface area contributed by atoms with Gasteiger partial charge in [0.15, 0.2) is 0 Å². The first kappa shape index (κ1) is 11.5. The van der Waals surface area contributed by atoms with Gasteiger partial charge < -0.3 is 0 Å². The van der Waals surface area contributed by atoms with Crippen LogP contribution < -0.4 is 0 Å². The summed E-state index contributed by atoms with van der Waals surface area (Å²) in [5, 5.41) is 0. The molecule has 0 heterocycles. The molecule has 1 unspecified atom stereocenters. The Kier molecular flexibility index (Phi) is 5.79. The normalized spacial score (nSPS) is 16.2. The van der Waals surface area contributed by atoms with E-state index in [1.165, 1.54) is 19.3 Å². The van der Waals surface area contributed by atoms with Gasteiger partial charge in [-0.3, -0.25) is 0 Å². The Labute approximate surface area is 77.4 Å². The average Bonchev–Trinajstić information content (AvgIpc) is 2.02. The highest BCUT2D eigenvalue weighted by molar-refractivity contribution is 4.98. The van der Waals surface area contributed by atoms with Crippen LogP contribution in [0.5, 0.6) is 0 Å². The summed E-state index contributed by atoms with van der Waals surface area (Å²) in [5.74, 6) is 0. The third-order valence-electron chi connectivity index (χ3n) is 2.28. The smallest absolute Gasteiger partial charge is 0.0112 e. The van der Waals surface area contributed by atoms with Crippen LogP contribution in [0.3, 0.4) is 0 Å². The number of allylic oxidation sites excluding steroid dienone is 3. The van der Waals surface area contributed by atoms with Crippen LogP contribution in [-0.2, 0) is 0 Å². The summed E-state index contributed by atoms with van der Waals surface area (Å²) in [6, 6.07) is 0. The van der Waals surface area contributed by atoms with Crippen LogP contribution in [-0.4, -0.2) is 0 Å². The molecule has 0 aliphatic heterocycles. The van der Waals surface area contributed by atoms with Gasteiger partial charge in [-0.2, -0.15) is 0 Å². The predicted molar refractivity (Wildman–Crippen MR) is 57.3 cm³/mol. The van der Waals surface area contributed by atoms with Crippen molar-refractivity contribution in [2.45, 2.75) is 46.5 Å².